The van der Waals surface area contributed by atoms with Crippen LogP contribution in [0.4, 0.5) is 0 Å². The van der Waals surface area contributed by atoms with Crippen molar-refractivity contribution < 1.29 is 14.7 Å². The molecule has 0 radical (unpaired) electrons. The Bertz CT molecular complexity index is 573. The number of carboxylic acid groups (broad SMARTS) is 1. The van der Waals surface area contributed by atoms with E-state index in [0.29, 0.717) is 5.56 Å². The van der Waals surface area contributed by atoms with Crippen molar-refractivity contribution in [1.29, 1.82) is 0 Å². The molecule has 1 aliphatic heterocycles. The number of carbonyl (C=O) groups excluding carboxylic acids is 1. The van der Waals surface area contributed by atoms with Gasteiger partial charge in [-0.25, -0.2) is 4.79 Å². The number of rotatable bonds is 3. The number of carbonyl (C=O) groups is 2. The number of likely N-dealkylation sites (N-methyl/N-ethyl adjacent to an activating group) is 1. The molecule has 0 saturated carbocycles. The number of carboxylic acids is 1. The summed E-state index contributed by atoms with van der Waals surface area (Å²) in [6.07, 6.45) is 2.62. The molecule has 5 heteroatoms. The molecule has 5 nitrogen and oxygen atoms in total. The molecule has 1 aromatic carbocycles. The van der Waals surface area contributed by atoms with Crippen molar-refractivity contribution >= 4 is 18.0 Å². The van der Waals surface area contributed by atoms with Crippen molar-refractivity contribution in [1.82, 2.24) is 9.80 Å². The highest BCUT2D eigenvalue weighted by Gasteiger charge is 2.21. The quantitative estimate of drug-likeness (QED) is 0.856. The minimum Gasteiger partial charge on any atom is -0.478 e. The molecule has 0 atom stereocenters. The van der Waals surface area contributed by atoms with Crippen LogP contribution in [0.2, 0.25) is 0 Å². The number of hydrogen-bond acceptors (Lipinski definition) is 3. The van der Waals surface area contributed by atoms with E-state index in [1.165, 1.54) is 6.08 Å². The summed E-state index contributed by atoms with van der Waals surface area (Å²) in [4.78, 5) is 27.3. The van der Waals surface area contributed by atoms with E-state index in [0.717, 1.165) is 43.4 Å². The average Bonchev–Trinajstić information content (AvgIpc) is 2.46. The van der Waals surface area contributed by atoms with Gasteiger partial charge in [-0.05, 0) is 37.2 Å². The molecule has 21 heavy (non-hydrogen) atoms. The highest BCUT2D eigenvalue weighted by molar-refractivity contribution is 5.97. The van der Waals surface area contributed by atoms with Crippen LogP contribution in [-0.2, 0) is 4.79 Å². The molecular formula is C16H20N2O3. The van der Waals surface area contributed by atoms with E-state index in [1.807, 2.05) is 24.9 Å². The Labute approximate surface area is 124 Å². The zero-order chi connectivity index (χ0) is 15.4. The Morgan fingerprint density at radius 1 is 1.19 bits per heavy atom. The van der Waals surface area contributed by atoms with Crippen LogP contribution < -0.4 is 0 Å². The van der Waals surface area contributed by atoms with Crippen LogP contribution >= 0.6 is 0 Å². The van der Waals surface area contributed by atoms with Gasteiger partial charge in [-0.3, -0.25) is 4.79 Å². The van der Waals surface area contributed by atoms with E-state index in [-0.39, 0.29) is 5.91 Å². The summed E-state index contributed by atoms with van der Waals surface area (Å²) in [6, 6.07) is 5.40. The van der Waals surface area contributed by atoms with Gasteiger partial charge in [-0.2, -0.15) is 0 Å². The Morgan fingerprint density at radius 2 is 1.86 bits per heavy atom. The number of amides is 1. The molecule has 0 aliphatic carbocycles. The molecule has 1 fully saturated rings. The first-order valence-corrected chi connectivity index (χ1v) is 6.97. The highest BCUT2D eigenvalue weighted by atomic mass is 16.4. The molecule has 1 aliphatic rings. The Balaban J connectivity index is 2.21. The molecule has 2 rings (SSSR count). The van der Waals surface area contributed by atoms with Crippen LogP contribution in [0.5, 0.6) is 0 Å². The molecular weight excluding hydrogens is 268 g/mol. The topological polar surface area (TPSA) is 60.9 Å². The second-order valence-corrected chi connectivity index (χ2v) is 5.29. The van der Waals surface area contributed by atoms with Gasteiger partial charge in [-0.15, -0.1) is 0 Å². The molecule has 0 spiro atoms. The van der Waals surface area contributed by atoms with Gasteiger partial charge >= 0.3 is 5.97 Å². The molecule has 1 aromatic rings. The third kappa shape index (κ3) is 3.70. The Kier molecular flexibility index (Phi) is 4.75. The molecule has 1 amide bonds. The number of hydrogen-bond donors (Lipinski definition) is 1. The predicted molar refractivity (Wildman–Crippen MR) is 81.2 cm³/mol. The van der Waals surface area contributed by atoms with E-state index in [1.54, 1.807) is 12.1 Å². The van der Waals surface area contributed by atoms with Crippen molar-refractivity contribution in [3.05, 3.63) is 41.0 Å². The summed E-state index contributed by atoms with van der Waals surface area (Å²) >= 11 is 0. The van der Waals surface area contributed by atoms with Gasteiger partial charge in [0.1, 0.15) is 0 Å². The van der Waals surface area contributed by atoms with E-state index >= 15 is 0 Å². The fourth-order valence-corrected chi connectivity index (χ4v) is 2.41. The zero-order valence-corrected chi connectivity index (χ0v) is 12.4. The minimum absolute atomic E-state index is 0.0196. The van der Waals surface area contributed by atoms with Gasteiger partial charge in [0.25, 0.3) is 5.91 Å². The predicted octanol–water partition coefficient (Wildman–Crippen LogP) is 1.48. The number of aliphatic carboxylic acids is 1. The molecule has 0 unspecified atom stereocenters. The van der Waals surface area contributed by atoms with Gasteiger partial charge in [0.15, 0.2) is 0 Å². The van der Waals surface area contributed by atoms with Crippen LogP contribution in [0.15, 0.2) is 24.3 Å². The Hall–Kier alpha value is -2.14. The van der Waals surface area contributed by atoms with Crippen molar-refractivity contribution in [2.24, 2.45) is 0 Å². The second kappa shape index (κ2) is 6.54. The SMILES string of the molecule is Cc1c(C=CC(=O)O)cccc1C(=O)N1CCN(C)CC1. The third-order valence-corrected chi connectivity index (χ3v) is 3.80. The standard InChI is InChI=1S/C16H20N2O3/c1-12-13(6-7-15(19)20)4-3-5-14(12)16(21)18-10-8-17(2)9-11-18/h3-7H,8-11H2,1-2H3,(H,19,20). The van der Waals surface area contributed by atoms with Crippen molar-refractivity contribution in [3.8, 4) is 0 Å². The summed E-state index contributed by atoms with van der Waals surface area (Å²) in [6.45, 7) is 5.06. The second-order valence-electron chi connectivity index (χ2n) is 5.29. The molecule has 1 N–H and O–H groups in total. The average molecular weight is 288 g/mol. The summed E-state index contributed by atoms with van der Waals surface area (Å²) in [5.74, 6) is -0.976. The first-order chi connectivity index (χ1) is 9.99. The third-order valence-electron chi connectivity index (χ3n) is 3.80. The lowest BCUT2D eigenvalue weighted by Gasteiger charge is -2.32. The first-order valence-electron chi connectivity index (χ1n) is 6.97. The smallest absolute Gasteiger partial charge is 0.328 e. The minimum atomic E-state index is -0.995. The number of nitrogens with zero attached hydrogens (tertiary/aromatic N) is 2. The van der Waals surface area contributed by atoms with E-state index in [2.05, 4.69) is 4.90 Å². The van der Waals surface area contributed by atoms with Gasteiger partial charge in [0.05, 0.1) is 0 Å². The van der Waals surface area contributed by atoms with Crippen LogP contribution in [0.25, 0.3) is 6.08 Å². The number of benzene rings is 1. The van der Waals surface area contributed by atoms with Crippen LogP contribution in [0.3, 0.4) is 0 Å². The fourth-order valence-electron chi connectivity index (χ4n) is 2.41. The van der Waals surface area contributed by atoms with Crippen molar-refractivity contribution in [2.75, 3.05) is 33.2 Å². The zero-order valence-electron chi connectivity index (χ0n) is 12.4. The lowest BCUT2D eigenvalue weighted by Crippen LogP contribution is -2.47. The molecule has 112 valence electrons. The monoisotopic (exact) mass is 288 g/mol. The van der Waals surface area contributed by atoms with Gasteiger partial charge < -0.3 is 14.9 Å². The summed E-state index contributed by atoms with van der Waals surface area (Å²) in [7, 11) is 2.05. The van der Waals surface area contributed by atoms with Crippen LogP contribution in [-0.4, -0.2) is 60.0 Å². The van der Waals surface area contributed by atoms with Gasteiger partial charge in [0.2, 0.25) is 0 Å². The highest BCUT2D eigenvalue weighted by Crippen LogP contribution is 2.18. The lowest BCUT2D eigenvalue weighted by molar-refractivity contribution is -0.131. The molecule has 1 heterocycles. The van der Waals surface area contributed by atoms with E-state index in [4.69, 9.17) is 5.11 Å². The lowest BCUT2D eigenvalue weighted by atomic mass is 10.0. The first kappa shape index (κ1) is 15.3. The van der Waals surface area contributed by atoms with Crippen molar-refractivity contribution in [2.45, 2.75) is 6.92 Å². The van der Waals surface area contributed by atoms with E-state index in [9.17, 15) is 9.59 Å². The Morgan fingerprint density at radius 3 is 2.48 bits per heavy atom. The van der Waals surface area contributed by atoms with E-state index < -0.39 is 5.97 Å². The summed E-state index contributed by atoms with van der Waals surface area (Å²) in [5, 5.41) is 8.71. The summed E-state index contributed by atoms with van der Waals surface area (Å²) in [5.41, 5.74) is 2.23. The van der Waals surface area contributed by atoms with Crippen LogP contribution in [0, 0.1) is 6.92 Å². The van der Waals surface area contributed by atoms with Crippen LogP contribution in [0.1, 0.15) is 21.5 Å². The summed E-state index contributed by atoms with van der Waals surface area (Å²) < 4.78 is 0. The molecule has 1 saturated heterocycles. The number of piperazine rings is 1. The fraction of sp³-hybridized carbons (Fsp3) is 0.375. The van der Waals surface area contributed by atoms with Gasteiger partial charge in [-0.1, -0.05) is 12.1 Å². The largest absolute Gasteiger partial charge is 0.478 e. The van der Waals surface area contributed by atoms with Crippen molar-refractivity contribution in [3.63, 3.8) is 0 Å². The maximum Gasteiger partial charge on any atom is 0.328 e. The molecule has 0 bridgehead atoms. The maximum absolute atomic E-state index is 12.6. The normalized spacial score (nSPS) is 16.4. The molecule has 0 aromatic heterocycles. The maximum atomic E-state index is 12.6. The van der Waals surface area contributed by atoms with Gasteiger partial charge in [0, 0.05) is 37.8 Å².